The number of methoxy groups -OCH3 is 2. The van der Waals surface area contributed by atoms with Crippen LogP contribution >= 0.6 is 23.2 Å². The monoisotopic (exact) mass is 463 g/mol. The second kappa shape index (κ2) is 10.5. The van der Waals surface area contributed by atoms with Crippen molar-refractivity contribution in [2.75, 3.05) is 27.3 Å². The summed E-state index contributed by atoms with van der Waals surface area (Å²) in [5.74, 6) is 0.553. The molecule has 2 aromatic rings. The van der Waals surface area contributed by atoms with Crippen molar-refractivity contribution in [2.45, 2.75) is 12.8 Å². The van der Waals surface area contributed by atoms with Gasteiger partial charge in [0.15, 0.2) is 11.5 Å². The lowest BCUT2D eigenvalue weighted by Crippen LogP contribution is -2.42. The van der Waals surface area contributed by atoms with Crippen molar-refractivity contribution >= 4 is 41.2 Å². The lowest BCUT2D eigenvalue weighted by molar-refractivity contribution is -0.126. The summed E-state index contributed by atoms with van der Waals surface area (Å²) >= 11 is 12.1. The van der Waals surface area contributed by atoms with E-state index in [4.69, 9.17) is 32.7 Å². The van der Waals surface area contributed by atoms with Crippen molar-refractivity contribution in [1.29, 1.82) is 0 Å². The Kier molecular flexibility index (Phi) is 7.76. The molecule has 9 heteroatoms. The highest BCUT2D eigenvalue weighted by atomic mass is 35.5. The van der Waals surface area contributed by atoms with Crippen LogP contribution < -0.4 is 14.9 Å². The molecule has 0 radical (unpaired) electrons. The molecule has 164 valence electrons. The van der Waals surface area contributed by atoms with Gasteiger partial charge in [-0.05, 0) is 37.1 Å². The van der Waals surface area contributed by atoms with Crippen LogP contribution in [0.15, 0.2) is 41.5 Å². The molecule has 1 N–H and O–H groups in total. The van der Waals surface area contributed by atoms with Gasteiger partial charge in [0.05, 0.1) is 30.5 Å². The van der Waals surface area contributed by atoms with E-state index in [0.29, 0.717) is 58.6 Å². The van der Waals surface area contributed by atoms with E-state index in [1.54, 1.807) is 48.4 Å². The molecule has 31 heavy (non-hydrogen) atoms. The third-order valence-electron chi connectivity index (χ3n) is 5.14. The van der Waals surface area contributed by atoms with Crippen molar-refractivity contribution in [3.63, 3.8) is 0 Å². The zero-order valence-electron chi connectivity index (χ0n) is 17.2. The zero-order chi connectivity index (χ0) is 22.4. The van der Waals surface area contributed by atoms with Crippen molar-refractivity contribution in [3.05, 3.63) is 57.6 Å². The van der Waals surface area contributed by atoms with Gasteiger partial charge in [-0.1, -0.05) is 35.3 Å². The number of hydrogen-bond donors (Lipinski definition) is 1. The maximum absolute atomic E-state index is 12.8. The number of carbonyl (C=O) groups is 2. The number of nitrogens with one attached hydrogen (secondary N) is 1. The van der Waals surface area contributed by atoms with Gasteiger partial charge >= 0.3 is 0 Å². The Balaban J connectivity index is 1.54. The predicted octanol–water partition coefficient (Wildman–Crippen LogP) is 4.01. The Bertz CT molecular complexity index is 989. The minimum atomic E-state index is -0.221. The lowest BCUT2D eigenvalue weighted by atomic mass is 9.95. The summed E-state index contributed by atoms with van der Waals surface area (Å²) in [5.41, 5.74) is 3.68. The number of hydrazone groups is 1. The third-order valence-corrected chi connectivity index (χ3v) is 5.98. The number of carbonyl (C=O) groups excluding carboxylic acids is 2. The largest absolute Gasteiger partial charge is 0.493 e. The normalized spacial score (nSPS) is 14.5. The minimum Gasteiger partial charge on any atom is -0.493 e. The molecule has 0 bridgehead atoms. The third kappa shape index (κ3) is 5.48. The van der Waals surface area contributed by atoms with E-state index < -0.39 is 0 Å². The van der Waals surface area contributed by atoms with E-state index in [9.17, 15) is 9.59 Å². The summed E-state index contributed by atoms with van der Waals surface area (Å²) in [6.07, 6.45) is 2.57. The summed E-state index contributed by atoms with van der Waals surface area (Å²) < 4.78 is 10.5. The first-order chi connectivity index (χ1) is 14.9. The minimum absolute atomic E-state index is 0.103. The van der Waals surface area contributed by atoms with E-state index in [1.807, 2.05) is 0 Å². The smallest absolute Gasteiger partial charge is 0.253 e. The van der Waals surface area contributed by atoms with E-state index in [-0.39, 0.29) is 17.7 Å². The van der Waals surface area contributed by atoms with E-state index in [2.05, 4.69) is 10.5 Å². The number of piperidine rings is 1. The number of halogens is 2. The number of benzene rings is 2. The molecule has 1 aliphatic rings. The number of ether oxygens (including phenoxy) is 2. The SMILES string of the molecule is COc1ccc(C(=O)N2CCC(C(=O)N/N=C\c3cccc(Cl)c3Cl)CC2)cc1OC. The van der Waals surface area contributed by atoms with Gasteiger partial charge in [-0.15, -0.1) is 0 Å². The molecule has 1 saturated heterocycles. The maximum Gasteiger partial charge on any atom is 0.253 e. The molecule has 2 aromatic carbocycles. The number of amides is 2. The van der Waals surface area contributed by atoms with E-state index in [0.717, 1.165) is 0 Å². The van der Waals surface area contributed by atoms with Crippen LogP contribution in [0, 0.1) is 5.92 Å². The van der Waals surface area contributed by atoms with Crippen LogP contribution in [0.2, 0.25) is 10.0 Å². The van der Waals surface area contributed by atoms with Crippen molar-refractivity contribution in [2.24, 2.45) is 11.0 Å². The number of hydrogen-bond acceptors (Lipinski definition) is 5. The fourth-order valence-electron chi connectivity index (χ4n) is 3.37. The van der Waals surface area contributed by atoms with Crippen LogP contribution in [0.1, 0.15) is 28.8 Å². The topological polar surface area (TPSA) is 80.2 Å². The summed E-state index contributed by atoms with van der Waals surface area (Å²) in [6, 6.07) is 10.3. The van der Waals surface area contributed by atoms with Gasteiger partial charge in [0.1, 0.15) is 0 Å². The molecule has 1 aliphatic heterocycles. The van der Waals surface area contributed by atoms with Gasteiger partial charge in [0.25, 0.3) is 5.91 Å². The molecular formula is C22H23Cl2N3O4. The quantitative estimate of drug-likeness (QED) is 0.518. The van der Waals surface area contributed by atoms with Crippen LogP contribution in [0.4, 0.5) is 0 Å². The average Bonchev–Trinajstić information content (AvgIpc) is 2.80. The second-order valence-corrected chi connectivity index (χ2v) is 7.80. The summed E-state index contributed by atoms with van der Waals surface area (Å²) in [6.45, 7) is 0.963. The molecule has 0 atom stereocenters. The molecule has 0 aliphatic carbocycles. The summed E-state index contributed by atoms with van der Waals surface area (Å²) in [4.78, 5) is 27.0. The van der Waals surface area contributed by atoms with Crippen molar-refractivity contribution < 1.29 is 19.1 Å². The van der Waals surface area contributed by atoms with Crippen LogP contribution in [-0.4, -0.2) is 50.2 Å². The highest BCUT2D eigenvalue weighted by Crippen LogP contribution is 2.29. The van der Waals surface area contributed by atoms with Crippen molar-refractivity contribution in [3.8, 4) is 11.5 Å². The molecule has 1 heterocycles. The number of rotatable bonds is 6. The van der Waals surface area contributed by atoms with Gasteiger partial charge in [-0.2, -0.15) is 5.10 Å². The molecule has 3 rings (SSSR count). The molecule has 0 aromatic heterocycles. The fraction of sp³-hybridized carbons (Fsp3) is 0.318. The first kappa shape index (κ1) is 22.9. The van der Waals surface area contributed by atoms with Gasteiger partial charge in [-0.3, -0.25) is 9.59 Å². The number of likely N-dealkylation sites (tertiary alicyclic amines) is 1. The van der Waals surface area contributed by atoms with Gasteiger partial charge in [0.2, 0.25) is 5.91 Å². The first-order valence-electron chi connectivity index (χ1n) is 9.72. The number of nitrogens with zero attached hydrogens (tertiary/aromatic N) is 2. The first-order valence-corrected chi connectivity index (χ1v) is 10.5. The highest BCUT2D eigenvalue weighted by molar-refractivity contribution is 6.43. The zero-order valence-corrected chi connectivity index (χ0v) is 18.7. The lowest BCUT2D eigenvalue weighted by Gasteiger charge is -2.31. The molecule has 0 spiro atoms. The molecule has 0 saturated carbocycles. The molecular weight excluding hydrogens is 441 g/mol. The van der Waals surface area contributed by atoms with Gasteiger partial charge in [-0.25, -0.2) is 5.43 Å². The Morgan fingerprint density at radius 1 is 1.10 bits per heavy atom. The van der Waals surface area contributed by atoms with E-state index >= 15 is 0 Å². The van der Waals surface area contributed by atoms with Crippen molar-refractivity contribution in [1.82, 2.24) is 10.3 Å². The van der Waals surface area contributed by atoms with E-state index in [1.165, 1.54) is 13.3 Å². The maximum atomic E-state index is 12.8. The summed E-state index contributed by atoms with van der Waals surface area (Å²) in [7, 11) is 3.07. The second-order valence-electron chi connectivity index (χ2n) is 7.01. The summed E-state index contributed by atoms with van der Waals surface area (Å²) in [5, 5.41) is 4.78. The fourth-order valence-corrected chi connectivity index (χ4v) is 3.73. The Hall–Kier alpha value is -2.77. The standard InChI is InChI=1S/C22H23Cl2N3O4/c1-30-18-7-6-15(12-19(18)31-2)22(29)27-10-8-14(9-11-27)21(28)26-25-13-16-4-3-5-17(23)20(16)24/h3-7,12-14H,8-11H2,1-2H3,(H,26,28)/b25-13-. The van der Waals surface area contributed by atoms with Crippen LogP contribution in [0.3, 0.4) is 0 Å². The average molecular weight is 464 g/mol. The van der Waals surface area contributed by atoms with Crippen LogP contribution in [0.25, 0.3) is 0 Å². The predicted molar refractivity (Wildman–Crippen MR) is 120 cm³/mol. The Labute approximate surface area is 190 Å². The Morgan fingerprint density at radius 3 is 2.48 bits per heavy atom. The van der Waals surface area contributed by atoms with Crippen LogP contribution in [-0.2, 0) is 4.79 Å². The van der Waals surface area contributed by atoms with Gasteiger partial charge < -0.3 is 14.4 Å². The molecule has 7 nitrogen and oxygen atoms in total. The molecule has 0 unspecified atom stereocenters. The highest BCUT2D eigenvalue weighted by Gasteiger charge is 2.28. The Morgan fingerprint density at radius 2 is 1.81 bits per heavy atom. The molecule has 1 fully saturated rings. The van der Waals surface area contributed by atoms with Crippen LogP contribution in [0.5, 0.6) is 11.5 Å². The van der Waals surface area contributed by atoms with Gasteiger partial charge in [0, 0.05) is 30.1 Å². The molecule has 2 amide bonds.